The molecule has 6 heteroatoms. The lowest BCUT2D eigenvalue weighted by Crippen LogP contribution is -2.18. The Bertz CT molecular complexity index is 1140. The van der Waals surface area contributed by atoms with E-state index in [0.29, 0.717) is 12.3 Å². The van der Waals surface area contributed by atoms with Crippen LogP contribution in [0.3, 0.4) is 0 Å². The number of H-pyrrole nitrogens is 1. The molecule has 0 bridgehead atoms. The Labute approximate surface area is 159 Å². The Kier molecular flexibility index (Phi) is 3.83. The van der Waals surface area contributed by atoms with Crippen molar-refractivity contribution < 1.29 is 9.47 Å². The molecular weight excluding hydrogens is 360 g/mol. The first-order chi connectivity index (χ1) is 13.3. The van der Waals surface area contributed by atoms with Crippen molar-refractivity contribution in [2.45, 2.75) is 6.54 Å². The van der Waals surface area contributed by atoms with Crippen molar-refractivity contribution in [3.8, 4) is 33.3 Å². The second-order valence-corrected chi connectivity index (χ2v) is 7.22. The van der Waals surface area contributed by atoms with E-state index >= 15 is 0 Å². The molecule has 3 heterocycles. The largest absolute Gasteiger partial charge is 0.454 e. The van der Waals surface area contributed by atoms with Gasteiger partial charge in [0.25, 0.3) is 0 Å². The average Bonchev–Trinajstić information content (AvgIpc) is 3.43. The van der Waals surface area contributed by atoms with Crippen LogP contribution in [0.25, 0.3) is 21.8 Å². The van der Waals surface area contributed by atoms with E-state index in [1.165, 1.54) is 0 Å². The summed E-state index contributed by atoms with van der Waals surface area (Å²) in [5, 5.41) is 2.01. The number of fused-ring (bicyclic) bond motifs is 1. The molecule has 27 heavy (non-hydrogen) atoms. The smallest absolute Gasteiger partial charge is 0.326 e. The Morgan fingerprint density at radius 3 is 2.67 bits per heavy atom. The Morgan fingerprint density at radius 1 is 1.00 bits per heavy atom. The van der Waals surface area contributed by atoms with Crippen LogP contribution in [-0.4, -0.2) is 16.3 Å². The van der Waals surface area contributed by atoms with Crippen LogP contribution in [0.2, 0.25) is 0 Å². The first kappa shape index (κ1) is 16.0. The van der Waals surface area contributed by atoms with Gasteiger partial charge in [0.1, 0.15) is 0 Å². The van der Waals surface area contributed by atoms with E-state index < -0.39 is 0 Å². The minimum atomic E-state index is -0.130. The fraction of sp³-hybridized carbons (Fsp3) is 0.0952. The van der Waals surface area contributed by atoms with Gasteiger partial charge in [-0.15, -0.1) is 11.3 Å². The molecule has 4 aromatic rings. The van der Waals surface area contributed by atoms with Gasteiger partial charge >= 0.3 is 5.69 Å². The van der Waals surface area contributed by atoms with Gasteiger partial charge in [-0.3, -0.25) is 4.57 Å². The van der Waals surface area contributed by atoms with Crippen molar-refractivity contribution in [1.82, 2.24) is 9.55 Å². The first-order valence-corrected chi connectivity index (χ1v) is 9.48. The van der Waals surface area contributed by atoms with E-state index in [1.54, 1.807) is 15.9 Å². The number of aromatic nitrogens is 2. The molecule has 1 N–H and O–H groups in total. The van der Waals surface area contributed by atoms with Crippen molar-refractivity contribution in [3.63, 3.8) is 0 Å². The van der Waals surface area contributed by atoms with E-state index in [2.05, 4.69) is 4.98 Å². The molecule has 1 aliphatic heterocycles. The maximum Gasteiger partial charge on any atom is 0.326 e. The number of aromatic amines is 1. The van der Waals surface area contributed by atoms with Gasteiger partial charge in [-0.1, -0.05) is 36.4 Å². The van der Waals surface area contributed by atoms with Crippen molar-refractivity contribution in [3.05, 3.63) is 82.1 Å². The van der Waals surface area contributed by atoms with Gasteiger partial charge in [0.05, 0.1) is 22.8 Å². The highest BCUT2D eigenvalue weighted by molar-refractivity contribution is 7.13. The van der Waals surface area contributed by atoms with Crippen LogP contribution in [0.1, 0.15) is 5.56 Å². The fourth-order valence-electron chi connectivity index (χ4n) is 3.33. The summed E-state index contributed by atoms with van der Waals surface area (Å²) in [6.45, 7) is 0.714. The minimum absolute atomic E-state index is 0.130. The first-order valence-electron chi connectivity index (χ1n) is 8.60. The van der Waals surface area contributed by atoms with E-state index in [1.807, 2.05) is 66.0 Å². The topological polar surface area (TPSA) is 56.3 Å². The van der Waals surface area contributed by atoms with Crippen molar-refractivity contribution >= 4 is 11.3 Å². The number of hydrogen-bond donors (Lipinski definition) is 1. The molecule has 0 fully saturated rings. The lowest BCUT2D eigenvalue weighted by molar-refractivity contribution is 0.174. The average molecular weight is 376 g/mol. The van der Waals surface area contributed by atoms with Gasteiger partial charge in [0.2, 0.25) is 6.79 Å². The Morgan fingerprint density at radius 2 is 1.85 bits per heavy atom. The number of hydrogen-bond acceptors (Lipinski definition) is 4. The van der Waals surface area contributed by atoms with Gasteiger partial charge in [0.15, 0.2) is 11.5 Å². The minimum Gasteiger partial charge on any atom is -0.454 e. The third-order valence-corrected chi connectivity index (χ3v) is 5.47. The molecule has 0 atom stereocenters. The fourth-order valence-corrected chi connectivity index (χ4v) is 4.06. The molecule has 2 aromatic heterocycles. The summed E-state index contributed by atoms with van der Waals surface area (Å²) in [6, 6.07) is 19.8. The summed E-state index contributed by atoms with van der Waals surface area (Å²) in [6.07, 6.45) is 0. The van der Waals surface area contributed by atoms with E-state index in [-0.39, 0.29) is 12.5 Å². The van der Waals surface area contributed by atoms with Gasteiger partial charge in [-0.05, 0) is 35.2 Å². The molecule has 1 aliphatic rings. The molecule has 134 valence electrons. The van der Waals surface area contributed by atoms with E-state index in [9.17, 15) is 4.79 Å². The van der Waals surface area contributed by atoms with E-state index in [0.717, 1.165) is 33.1 Å². The number of nitrogens with one attached hydrogen (secondary N) is 1. The normalized spacial score (nSPS) is 12.4. The second kappa shape index (κ2) is 6.48. The zero-order valence-electron chi connectivity index (χ0n) is 14.3. The molecule has 0 aliphatic carbocycles. The third kappa shape index (κ3) is 2.84. The maximum absolute atomic E-state index is 12.8. The summed E-state index contributed by atoms with van der Waals surface area (Å²) in [4.78, 5) is 16.9. The number of rotatable bonds is 4. The molecular formula is C21H16N2O3S. The predicted octanol–water partition coefficient (Wildman–Crippen LogP) is 4.35. The van der Waals surface area contributed by atoms with Crippen LogP contribution >= 0.6 is 11.3 Å². The quantitative estimate of drug-likeness (QED) is 0.576. The van der Waals surface area contributed by atoms with E-state index in [4.69, 9.17) is 9.47 Å². The SMILES string of the molecule is O=c1[nH]c(-c2cccs2)c(-c2ccc3c(c2)OCO3)n1Cc1ccccc1. The predicted molar refractivity (Wildman–Crippen MR) is 105 cm³/mol. The zero-order valence-corrected chi connectivity index (χ0v) is 15.2. The molecule has 5 rings (SSSR count). The van der Waals surface area contributed by atoms with Crippen LogP contribution in [0.4, 0.5) is 0 Å². The van der Waals surface area contributed by atoms with Crippen LogP contribution in [0, 0.1) is 0 Å². The molecule has 0 unspecified atom stereocenters. The molecule has 0 amide bonds. The Balaban J connectivity index is 1.70. The van der Waals surface area contributed by atoms with Gasteiger partial charge in [-0.2, -0.15) is 0 Å². The maximum atomic E-state index is 12.8. The monoisotopic (exact) mass is 376 g/mol. The number of thiophene rings is 1. The standard InChI is InChI=1S/C21H16N2O3S/c24-21-22-19(18-7-4-10-27-18)20(23(21)12-14-5-2-1-3-6-14)15-8-9-16-17(11-15)26-13-25-16/h1-11H,12-13H2,(H,22,24). The van der Waals surface area contributed by atoms with Crippen LogP contribution in [0.15, 0.2) is 70.8 Å². The highest BCUT2D eigenvalue weighted by atomic mass is 32.1. The second-order valence-electron chi connectivity index (χ2n) is 6.27. The molecule has 2 aromatic carbocycles. The summed E-state index contributed by atoms with van der Waals surface area (Å²) in [5.41, 5.74) is 3.53. The highest BCUT2D eigenvalue weighted by Gasteiger charge is 2.21. The van der Waals surface area contributed by atoms with Gasteiger partial charge < -0.3 is 14.5 Å². The summed E-state index contributed by atoms with van der Waals surface area (Å²) < 4.78 is 12.7. The summed E-state index contributed by atoms with van der Waals surface area (Å²) in [5.74, 6) is 1.42. The molecule has 5 nitrogen and oxygen atoms in total. The van der Waals surface area contributed by atoms with Crippen LogP contribution in [-0.2, 0) is 6.54 Å². The zero-order chi connectivity index (χ0) is 18.2. The number of ether oxygens (including phenoxy) is 2. The number of nitrogens with zero attached hydrogens (tertiary/aromatic N) is 1. The summed E-state index contributed by atoms with van der Waals surface area (Å²) in [7, 11) is 0. The van der Waals surface area contributed by atoms with Crippen molar-refractivity contribution in [2.24, 2.45) is 0 Å². The molecule has 0 radical (unpaired) electrons. The van der Waals surface area contributed by atoms with Gasteiger partial charge in [0, 0.05) is 5.56 Å². The molecule has 0 saturated heterocycles. The van der Waals surface area contributed by atoms with Crippen LogP contribution < -0.4 is 15.2 Å². The third-order valence-electron chi connectivity index (χ3n) is 4.58. The summed E-state index contributed by atoms with van der Waals surface area (Å²) >= 11 is 1.60. The number of benzene rings is 2. The lowest BCUT2D eigenvalue weighted by atomic mass is 10.1. The van der Waals surface area contributed by atoms with Crippen molar-refractivity contribution in [1.29, 1.82) is 0 Å². The Hall–Kier alpha value is -3.25. The van der Waals surface area contributed by atoms with Crippen LogP contribution in [0.5, 0.6) is 11.5 Å². The molecule has 0 spiro atoms. The van der Waals surface area contributed by atoms with Crippen molar-refractivity contribution in [2.75, 3.05) is 6.79 Å². The lowest BCUT2D eigenvalue weighted by Gasteiger charge is -2.10. The molecule has 0 saturated carbocycles. The number of imidazole rings is 1. The van der Waals surface area contributed by atoms with Gasteiger partial charge in [-0.25, -0.2) is 4.79 Å². The highest BCUT2D eigenvalue weighted by Crippen LogP contribution is 2.39.